The van der Waals surface area contributed by atoms with Crippen LogP contribution in [-0.4, -0.2) is 44.3 Å². The van der Waals surface area contributed by atoms with Crippen LogP contribution >= 0.6 is 0 Å². The van der Waals surface area contributed by atoms with Crippen molar-refractivity contribution in [1.82, 2.24) is 0 Å². The van der Waals surface area contributed by atoms with Crippen molar-refractivity contribution in [1.29, 1.82) is 0 Å². The highest BCUT2D eigenvalue weighted by Gasteiger charge is 2.52. The summed E-state index contributed by atoms with van der Waals surface area (Å²) in [7, 11) is -2.29. The third-order valence-electron chi connectivity index (χ3n) is 2.73. The lowest BCUT2D eigenvalue weighted by Gasteiger charge is -2.31. The second kappa shape index (κ2) is 7.49. The highest BCUT2D eigenvalue weighted by atomic mass is 28.4. The number of hydrogen-bond acceptors (Lipinski definition) is 5. The lowest BCUT2D eigenvalue weighted by Crippen LogP contribution is -2.60. The van der Waals surface area contributed by atoms with Crippen LogP contribution in [0.5, 0.6) is 0 Å². The van der Waals surface area contributed by atoms with Gasteiger partial charge >= 0.3 is 8.56 Å². The molecular formula is C13H22O5Si. The fourth-order valence-electron chi connectivity index (χ4n) is 1.46. The van der Waals surface area contributed by atoms with Crippen LogP contribution in [0.2, 0.25) is 0 Å². The molecule has 0 aliphatic carbocycles. The van der Waals surface area contributed by atoms with Gasteiger partial charge in [0.1, 0.15) is 5.73 Å². The maximum Gasteiger partial charge on any atom is 0.444 e. The zero-order valence-corrected chi connectivity index (χ0v) is 13.0. The fraction of sp³-hybridized carbons (Fsp3) is 0.538. The molecule has 0 heterocycles. The van der Waals surface area contributed by atoms with Crippen LogP contribution in [0.15, 0.2) is 24.3 Å². The van der Waals surface area contributed by atoms with Crippen LogP contribution in [0.1, 0.15) is 27.2 Å². The summed E-state index contributed by atoms with van der Waals surface area (Å²) in [5, 5.41) is 9.61. The van der Waals surface area contributed by atoms with Gasteiger partial charge in [-0.05, 0) is 31.4 Å². The first-order valence-electron chi connectivity index (χ1n) is 5.99. The molecule has 0 fully saturated rings. The van der Waals surface area contributed by atoms with E-state index >= 15 is 0 Å². The third kappa shape index (κ3) is 4.21. The molecule has 19 heavy (non-hydrogen) atoms. The first-order chi connectivity index (χ1) is 8.72. The highest BCUT2D eigenvalue weighted by Crippen LogP contribution is 2.20. The van der Waals surface area contributed by atoms with E-state index < -0.39 is 19.7 Å². The number of aliphatic hydroxyl groups excluding tert-OH is 1. The van der Waals surface area contributed by atoms with E-state index in [0.29, 0.717) is 12.0 Å². The molecule has 0 aromatic carbocycles. The topological polar surface area (TPSA) is 72.8 Å². The van der Waals surface area contributed by atoms with Gasteiger partial charge in [-0.15, -0.1) is 0 Å². The third-order valence-corrected chi connectivity index (χ3v) is 6.25. The molecular weight excluding hydrogens is 264 g/mol. The van der Waals surface area contributed by atoms with E-state index in [1.165, 1.54) is 14.0 Å². The predicted molar refractivity (Wildman–Crippen MR) is 74.7 cm³/mol. The standard InChI is InChI=1S/C13H22O5Si/c1-7-12(15)19(17-6,13(16)10(4)5)18-8-11(14)9(2)3/h12,15H,2,4,7-8H2,1,3,5-6H3. The quantitative estimate of drug-likeness (QED) is 0.510. The molecule has 0 aliphatic heterocycles. The van der Waals surface area contributed by atoms with E-state index in [9.17, 15) is 14.7 Å². The minimum atomic E-state index is -3.59. The molecule has 0 bridgehead atoms. The second-order valence-corrected chi connectivity index (χ2v) is 7.55. The van der Waals surface area contributed by atoms with Gasteiger partial charge in [0.15, 0.2) is 5.78 Å². The fourth-order valence-corrected chi connectivity index (χ4v) is 4.14. The van der Waals surface area contributed by atoms with Crippen molar-refractivity contribution in [3.8, 4) is 0 Å². The maximum atomic E-state index is 12.2. The molecule has 2 atom stereocenters. The number of carbonyl (C=O) groups excluding carboxylic acids is 2. The Kier molecular flexibility index (Phi) is 7.07. The Hall–Kier alpha value is -1.08. The van der Waals surface area contributed by atoms with E-state index in [1.807, 2.05) is 0 Å². The molecule has 1 N–H and O–H groups in total. The number of hydrogen-bond donors (Lipinski definition) is 1. The SMILES string of the molecule is C=C(C)C(=O)CO[Si](OC)(C(=O)C(=C)C)C(O)CC. The second-order valence-electron chi connectivity index (χ2n) is 4.40. The Bertz CT molecular complexity index is 390. The van der Waals surface area contributed by atoms with Crippen molar-refractivity contribution in [3.63, 3.8) is 0 Å². The highest BCUT2D eigenvalue weighted by molar-refractivity contribution is 7.00. The van der Waals surface area contributed by atoms with Gasteiger partial charge in [0.25, 0.3) is 0 Å². The lowest BCUT2D eigenvalue weighted by atomic mass is 10.2. The van der Waals surface area contributed by atoms with Gasteiger partial charge in [-0.25, -0.2) is 0 Å². The Morgan fingerprint density at radius 2 is 1.79 bits per heavy atom. The molecule has 0 amide bonds. The van der Waals surface area contributed by atoms with Gasteiger partial charge in [0.05, 0.1) is 6.61 Å². The average molecular weight is 286 g/mol. The number of aliphatic hydroxyl groups is 1. The first kappa shape index (κ1) is 17.9. The zero-order valence-electron chi connectivity index (χ0n) is 12.0. The van der Waals surface area contributed by atoms with Crippen molar-refractivity contribution in [2.24, 2.45) is 0 Å². The summed E-state index contributed by atoms with van der Waals surface area (Å²) in [5.41, 5.74) is -0.490. The predicted octanol–water partition coefficient (Wildman–Crippen LogP) is 1.23. The molecule has 0 rings (SSSR count). The van der Waals surface area contributed by atoms with Crippen LogP contribution in [0.3, 0.4) is 0 Å². The van der Waals surface area contributed by atoms with E-state index in [-0.39, 0.29) is 18.0 Å². The van der Waals surface area contributed by atoms with Crippen LogP contribution in [0.25, 0.3) is 0 Å². The zero-order chi connectivity index (χ0) is 15.2. The van der Waals surface area contributed by atoms with Gasteiger partial charge in [0.2, 0.25) is 5.41 Å². The van der Waals surface area contributed by atoms with Gasteiger partial charge in [-0.2, -0.15) is 0 Å². The molecule has 2 unspecified atom stereocenters. The molecule has 5 nitrogen and oxygen atoms in total. The van der Waals surface area contributed by atoms with Crippen LogP contribution < -0.4 is 0 Å². The molecule has 0 saturated heterocycles. The monoisotopic (exact) mass is 286 g/mol. The first-order valence-corrected chi connectivity index (χ1v) is 7.88. The number of rotatable bonds is 9. The van der Waals surface area contributed by atoms with Crippen LogP contribution in [0, 0.1) is 0 Å². The Morgan fingerprint density at radius 3 is 2.11 bits per heavy atom. The summed E-state index contributed by atoms with van der Waals surface area (Å²) in [5.74, 6) is -0.327. The van der Waals surface area contributed by atoms with Gasteiger partial charge in [-0.3, -0.25) is 9.59 Å². The summed E-state index contributed by atoms with van der Waals surface area (Å²) in [6.07, 6.45) is 0.292. The van der Waals surface area contributed by atoms with Crippen molar-refractivity contribution in [2.45, 2.75) is 32.9 Å². The van der Waals surface area contributed by atoms with Gasteiger partial charge in [-0.1, -0.05) is 20.1 Å². The molecule has 0 saturated carbocycles. The summed E-state index contributed by atoms with van der Waals surface area (Å²) < 4.78 is 10.6. The molecule has 0 aromatic heterocycles. The number of Topliss-reactive ketones (excluding diaryl/α,β-unsaturated/α-hetero) is 1. The van der Waals surface area contributed by atoms with Crippen molar-refractivity contribution < 1.29 is 23.5 Å². The molecule has 0 spiro atoms. The van der Waals surface area contributed by atoms with Crippen molar-refractivity contribution in [2.75, 3.05) is 13.7 Å². The van der Waals surface area contributed by atoms with Gasteiger partial charge < -0.3 is 14.0 Å². The Labute approximate surface area is 115 Å². The minimum absolute atomic E-state index is 0.240. The van der Waals surface area contributed by atoms with E-state index in [2.05, 4.69) is 13.2 Å². The molecule has 0 aliphatic rings. The van der Waals surface area contributed by atoms with E-state index in [4.69, 9.17) is 8.85 Å². The summed E-state index contributed by atoms with van der Waals surface area (Å²) in [6.45, 7) is 11.5. The van der Waals surface area contributed by atoms with Gasteiger partial charge in [0, 0.05) is 7.11 Å². The Morgan fingerprint density at radius 1 is 1.26 bits per heavy atom. The maximum absolute atomic E-state index is 12.2. The largest absolute Gasteiger partial charge is 0.444 e. The van der Waals surface area contributed by atoms with Crippen molar-refractivity contribution >= 4 is 19.8 Å². The van der Waals surface area contributed by atoms with Crippen LogP contribution in [0.4, 0.5) is 0 Å². The number of allylic oxidation sites excluding steroid dienone is 1. The van der Waals surface area contributed by atoms with Crippen LogP contribution in [-0.2, 0) is 18.4 Å². The summed E-state index contributed by atoms with van der Waals surface area (Å²) in [4.78, 5) is 23.7. The summed E-state index contributed by atoms with van der Waals surface area (Å²) >= 11 is 0. The Balaban J connectivity index is 5.26. The smallest absolute Gasteiger partial charge is 0.391 e. The number of carbonyl (C=O) groups is 2. The summed E-state index contributed by atoms with van der Waals surface area (Å²) in [6, 6.07) is 0. The molecule has 6 heteroatoms. The normalized spacial score (nSPS) is 15.4. The molecule has 0 radical (unpaired) electrons. The van der Waals surface area contributed by atoms with E-state index in [0.717, 1.165) is 0 Å². The van der Waals surface area contributed by atoms with E-state index in [1.54, 1.807) is 13.8 Å². The lowest BCUT2D eigenvalue weighted by molar-refractivity contribution is -0.119. The average Bonchev–Trinajstić information content (AvgIpc) is 2.38. The molecule has 0 aromatic rings. The molecule has 108 valence electrons. The number of ketones is 1. The minimum Gasteiger partial charge on any atom is -0.391 e. The van der Waals surface area contributed by atoms with Crippen molar-refractivity contribution in [3.05, 3.63) is 24.3 Å².